The van der Waals surface area contributed by atoms with Crippen LogP contribution in [0.3, 0.4) is 0 Å². The molecular formula is C16H23NO3. The molecule has 1 aromatic rings. The van der Waals surface area contributed by atoms with E-state index in [2.05, 4.69) is 5.32 Å². The van der Waals surface area contributed by atoms with Gasteiger partial charge in [0, 0.05) is 6.61 Å². The first kappa shape index (κ1) is 15.0. The predicted octanol–water partition coefficient (Wildman–Crippen LogP) is 2.39. The Bertz CT molecular complexity index is 431. The van der Waals surface area contributed by atoms with Crippen molar-refractivity contribution in [2.45, 2.75) is 31.7 Å². The standard InChI is InChI=1S/C16H23NO3/c1-2-10-17-16(15(18)19,12-20-11-13-8-9-13)14-6-4-3-5-7-14/h3-7,13,17H,2,8-12H2,1H3,(H,18,19). The van der Waals surface area contributed by atoms with Crippen molar-refractivity contribution in [3.05, 3.63) is 35.9 Å². The van der Waals surface area contributed by atoms with Gasteiger partial charge in [-0.3, -0.25) is 5.32 Å². The third-order valence-electron chi connectivity index (χ3n) is 3.68. The quantitative estimate of drug-likeness (QED) is 0.727. The minimum atomic E-state index is -1.15. The Hall–Kier alpha value is -1.39. The van der Waals surface area contributed by atoms with E-state index in [1.54, 1.807) is 0 Å². The number of carboxylic acid groups (broad SMARTS) is 1. The molecule has 4 nitrogen and oxygen atoms in total. The number of hydrogen-bond acceptors (Lipinski definition) is 3. The maximum atomic E-state index is 11.9. The largest absolute Gasteiger partial charge is 0.480 e. The number of benzene rings is 1. The molecule has 1 unspecified atom stereocenters. The van der Waals surface area contributed by atoms with Crippen LogP contribution in [0.5, 0.6) is 0 Å². The van der Waals surface area contributed by atoms with Crippen molar-refractivity contribution >= 4 is 5.97 Å². The zero-order chi connectivity index (χ0) is 14.4. The summed E-state index contributed by atoms with van der Waals surface area (Å²) in [5.41, 5.74) is -0.400. The first-order valence-corrected chi connectivity index (χ1v) is 7.30. The third kappa shape index (κ3) is 3.58. The van der Waals surface area contributed by atoms with Crippen molar-refractivity contribution in [2.75, 3.05) is 19.8 Å². The summed E-state index contributed by atoms with van der Waals surface area (Å²) in [6.45, 7) is 3.50. The van der Waals surface area contributed by atoms with Gasteiger partial charge in [0.1, 0.15) is 0 Å². The molecule has 0 spiro atoms. The number of aliphatic carboxylic acids is 1. The van der Waals surface area contributed by atoms with Gasteiger partial charge < -0.3 is 9.84 Å². The van der Waals surface area contributed by atoms with Crippen LogP contribution in [-0.4, -0.2) is 30.8 Å². The second-order valence-electron chi connectivity index (χ2n) is 5.46. The molecule has 0 aromatic heterocycles. The zero-order valence-corrected chi connectivity index (χ0v) is 12.0. The highest BCUT2D eigenvalue weighted by molar-refractivity contribution is 5.81. The first-order valence-electron chi connectivity index (χ1n) is 7.30. The Labute approximate surface area is 120 Å². The van der Waals surface area contributed by atoms with Gasteiger partial charge in [-0.1, -0.05) is 37.3 Å². The number of nitrogens with one attached hydrogen (secondary N) is 1. The topological polar surface area (TPSA) is 58.6 Å². The van der Waals surface area contributed by atoms with Gasteiger partial charge in [0.05, 0.1) is 6.61 Å². The minimum absolute atomic E-state index is 0.169. The Balaban J connectivity index is 2.15. The van der Waals surface area contributed by atoms with Crippen molar-refractivity contribution in [2.24, 2.45) is 5.92 Å². The number of rotatable bonds is 9. The number of carboxylic acids is 1. The normalized spacial score (nSPS) is 17.6. The Morgan fingerprint density at radius 2 is 2.10 bits per heavy atom. The fraction of sp³-hybridized carbons (Fsp3) is 0.562. The SMILES string of the molecule is CCCNC(COCC1CC1)(C(=O)O)c1ccccc1. The summed E-state index contributed by atoms with van der Waals surface area (Å²) in [5.74, 6) is -0.253. The van der Waals surface area contributed by atoms with Gasteiger partial charge in [0.25, 0.3) is 0 Å². The van der Waals surface area contributed by atoms with E-state index in [9.17, 15) is 9.90 Å². The van der Waals surface area contributed by atoms with E-state index in [0.717, 1.165) is 12.0 Å². The van der Waals surface area contributed by atoms with Gasteiger partial charge in [0.15, 0.2) is 5.54 Å². The lowest BCUT2D eigenvalue weighted by Crippen LogP contribution is -2.53. The van der Waals surface area contributed by atoms with E-state index >= 15 is 0 Å². The summed E-state index contributed by atoms with van der Waals surface area (Å²) in [6, 6.07) is 9.30. The maximum absolute atomic E-state index is 11.9. The van der Waals surface area contributed by atoms with Gasteiger partial charge in [-0.2, -0.15) is 0 Å². The lowest BCUT2D eigenvalue weighted by Gasteiger charge is -2.31. The zero-order valence-electron chi connectivity index (χ0n) is 12.0. The fourth-order valence-electron chi connectivity index (χ4n) is 2.22. The monoisotopic (exact) mass is 277 g/mol. The lowest BCUT2D eigenvalue weighted by atomic mass is 9.90. The summed E-state index contributed by atoms with van der Waals surface area (Å²) >= 11 is 0. The molecule has 1 saturated carbocycles. The Morgan fingerprint density at radius 1 is 1.40 bits per heavy atom. The number of carbonyl (C=O) groups is 1. The highest BCUT2D eigenvalue weighted by Crippen LogP contribution is 2.30. The smallest absolute Gasteiger partial charge is 0.331 e. The van der Waals surface area contributed by atoms with E-state index in [0.29, 0.717) is 19.1 Å². The first-order chi connectivity index (χ1) is 9.69. The van der Waals surface area contributed by atoms with E-state index in [1.165, 1.54) is 12.8 Å². The summed E-state index contributed by atoms with van der Waals surface area (Å²) in [4.78, 5) is 11.9. The van der Waals surface area contributed by atoms with Crippen molar-refractivity contribution in [3.8, 4) is 0 Å². The fourth-order valence-corrected chi connectivity index (χ4v) is 2.22. The molecule has 0 amide bonds. The average molecular weight is 277 g/mol. The molecule has 0 radical (unpaired) electrons. The van der Waals surface area contributed by atoms with Crippen LogP contribution in [0.25, 0.3) is 0 Å². The second kappa shape index (κ2) is 6.86. The summed E-state index contributed by atoms with van der Waals surface area (Å²) in [6.07, 6.45) is 3.28. The molecule has 20 heavy (non-hydrogen) atoms. The van der Waals surface area contributed by atoms with Crippen LogP contribution in [0.15, 0.2) is 30.3 Å². The van der Waals surface area contributed by atoms with Crippen molar-refractivity contribution in [1.82, 2.24) is 5.32 Å². The number of ether oxygens (including phenoxy) is 1. The van der Waals surface area contributed by atoms with E-state index < -0.39 is 11.5 Å². The molecule has 110 valence electrons. The molecular weight excluding hydrogens is 254 g/mol. The minimum Gasteiger partial charge on any atom is -0.480 e. The molecule has 1 aliphatic carbocycles. The molecule has 4 heteroatoms. The lowest BCUT2D eigenvalue weighted by molar-refractivity contribution is -0.148. The van der Waals surface area contributed by atoms with Crippen LogP contribution in [0.4, 0.5) is 0 Å². The molecule has 0 aliphatic heterocycles. The molecule has 0 heterocycles. The summed E-state index contributed by atoms with van der Waals surface area (Å²) in [7, 11) is 0. The number of hydrogen-bond donors (Lipinski definition) is 2. The van der Waals surface area contributed by atoms with Crippen molar-refractivity contribution < 1.29 is 14.6 Å². The molecule has 1 aliphatic rings. The summed E-state index contributed by atoms with van der Waals surface area (Å²) < 4.78 is 5.69. The Morgan fingerprint density at radius 3 is 2.65 bits per heavy atom. The molecule has 1 fully saturated rings. The Kier molecular flexibility index (Phi) is 5.15. The molecule has 2 N–H and O–H groups in total. The molecule has 0 bridgehead atoms. The van der Waals surface area contributed by atoms with Gasteiger partial charge in [-0.15, -0.1) is 0 Å². The van der Waals surface area contributed by atoms with Gasteiger partial charge >= 0.3 is 5.97 Å². The highest BCUT2D eigenvalue weighted by atomic mass is 16.5. The van der Waals surface area contributed by atoms with E-state index in [1.807, 2.05) is 37.3 Å². The van der Waals surface area contributed by atoms with Crippen LogP contribution >= 0.6 is 0 Å². The highest BCUT2D eigenvalue weighted by Gasteiger charge is 2.40. The van der Waals surface area contributed by atoms with Crippen LogP contribution < -0.4 is 5.32 Å². The van der Waals surface area contributed by atoms with Gasteiger partial charge in [-0.25, -0.2) is 4.79 Å². The van der Waals surface area contributed by atoms with Crippen LogP contribution in [0.1, 0.15) is 31.7 Å². The van der Waals surface area contributed by atoms with Crippen LogP contribution in [0, 0.1) is 5.92 Å². The van der Waals surface area contributed by atoms with Crippen molar-refractivity contribution in [3.63, 3.8) is 0 Å². The van der Waals surface area contributed by atoms with Gasteiger partial charge in [0.2, 0.25) is 0 Å². The molecule has 2 rings (SSSR count). The van der Waals surface area contributed by atoms with Gasteiger partial charge in [-0.05, 0) is 37.3 Å². The van der Waals surface area contributed by atoms with E-state index in [4.69, 9.17) is 4.74 Å². The molecule has 0 saturated heterocycles. The van der Waals surface area contributed by atoms with E-state index in [-0.39, 0.29) is 6.61 Å². The van der Waals surface area contributed by atoms with Crippen LogP contribution in [0.2, 0.25) is 0 Å². The average Bonchev–Trinajstić information content (AvgIpc) is 3.27. The predicted molar refractivity (Wildman–Crippen MR) is 77.6 cm³/mol. The molecule has 1 atom stereocenters. The van der Waals surface area contributed by atoms with Crippen molar-refractivity contribution in [1.29, 1.82) is 0 Å². The maximum Gasteiger partial charge on any atom is 0.331 e. The summed E-state index contributed by atoms with van der Waals surface area (Å²) in [5, 5.41) is 12.9. The van der Waals surface area contributed by atoms with Crippen LogP contribution in [-0.2, 0) is 15.1 Å². The second-order valence-corrected chi connectivity index (χ2v) is 5.46. The molecule has 1 aromatic carbocycles. The third-order valence-corrected chi connectivity index (χ3v) is 3.68.